The number of hydrogen-bond acceptors (Lipinski definition) is 4. The number of carbonyl (C=O) groups excluding carboxylic acids is 1. The van der Waals surface area contributed by atoms with Crippen molar-refractivity contribution in [3.63, 3.8) is 0 Å². The highest BCUT2D eigenvalue weighted by molar-refractivity contribution is 7.03. The van der Waals surface area contributed by atoms with E-state index in [9.17, 15) is 4.79 Å². The fraction of sp³-hybridized carbons (Fsp3) is 0.500. The van der Waals surface area contributed by atoms with Gasteiger partial charge in [0, 0.05) is 6.54 Å². The van der Waals surface area contributed by atoms with Gasteiger partial charge in [-0.15, -0.1) is 0 Å². The molecule has 0 spiro atoms. The molecule has 0 aromatic carbocycles. The van der Waals surface area contributed by atoms with E-state index in [0.717, 1.165) is 6.42 Å². The average molecular weight is 170 g/mol. The van der Waals surface area contributed by atoms with Gasteiger partial charge < -0.3 is 0 Å². The third kappa shape index (κ3) is 1.98. The van der Waals surface area contributed by atoms with Crippen LogP contribution in [0.1, 0.15) is 13.3 Å². The summed E-state index contributed by atoms with van der Waals surface area (Å²) in [7, 11) is 0. The van der Waals surface area contributed by atoms with Gasteiger partial charge in [-0.1, -0.05) is 6.92 Å². The molecule has 0 aliphatic rings. The fourth-order valence-corrected chi connectivity index (χ4v) is 1.12. The normalized spacial score (nSPS) is 9.55. The Labute approximate surface area is 69.0 Å². The van der Waals surface area contributed by atoms with Gasteiger partial charge in [-0.25, -0.2) is 4.98 Å². The Hall–Kier alpha value is -0.970. The molecule has 4 nitrogen and oxygen atoms in total. The Morgan fingerprint density at radius 2 is 2.64 bits per heavy atom. The molecule has 1 heterocycles. The van der Waals surface area contributed by atoms with Crippen LogP contribution in [0.3, 0.4) is 0 Å². The second-order valence-electron chi connectivity index (χ2n) is 1.97. The van der Waals surface area contributed by atoms with Crippen LogP contribution in [-0.4, -0.2) is 22.3 Å². The van der Waals surface area contributed by atoms with Crippen LogP contribution in [0, 0.1) is 0 Å². The van der Waals surface area contributed by atoms with Crippen molar-refractivity contribution in [1.29, 1.82) is 0 Å². The molecule has 1 aromatic heterocycles. The van der Waals surface area contributed by atoms with Gasteiger partial charge in [0.25, 0.3) is 0 Å². The van der Waals surface area contributed by atoms with Crippen molar-refractivity contribution in [3.8, 4) is 0 Å². The van der Waals surface area contributed by atoms with Crippen molar-refractivity contribution in [3.05, 3.63) is 5.51 Å². The SMILES string of the molecule is CCCN([C]=O)c1ncsn1. The maximum atomic E-state index is 10.3. The molecule has 1 rings (SSSR count). The molecule has 0 bridgehead atoms. The van der Waals surface area contributed by atoms with Crippen LogP contribution in [-0.2, 0) is 4.79 Å². The van der Waals surface area contributed by atoms with Crippen molar-refractivity contribution in [1.82, 2.24) is 9.36 Å². The molecule has 0 aliphatic carbocycles. The van der Waals surface area contributed by atoms with E-state index in [4.69, 9.17) is 0 Å². The molecular weight excluding hydrogens is 162 g/mol. The van der Waals surface area contributed by atoms with Crippen LogP contribution in [0.5, 0.6) is 0 Å². The number of hydrogen-bond donors (Lipinski definition) is 0. The summed E-state index contributed by atoms with van der Waals surface area (Å²) in [5, 5.41) is 0. The summed E-state index contributed by atoms with van der Waals surface area (Å²) >= 11 is 1.23. The summed E-state index contributed by atoms with van der Waals surface area (Å²) in [4.78, 5) is 15.6. The van der Waals surface area contributed by atoms with E-state index in [-0.39, 0.29) is 0 Å². The molecule has 1 amide bonds. The van der Waals surface area contributed by atoms with Gasteiger partial charge in [0.15, 0.2) is 0 Å². The molecule has 5 heteroatoms. The molecule has 0 atom stereocenters. The van der Waals surface area contributed by atoms with E-state index < -0.39 is 0 Å². The van der Waals surface area contributed by atoms with E-state index in [1.807, 2.05) is 6.92 Å². The summed E-state index contributed by atoms with van der Waals surface area (Å²) in [6, 6.07) is 0. The van der Waals surface area contributed by atoms with Gasteiger partial charge in [-0.05, 0) is 18.0 Å². The van der Waals surface area contributed by atoms with Gasteiger partial charge in [0.05, 0.1) is 0 Å². The van der Waals surface area contributed by atoms with Crippen LogP contribution >= 0.6 is 11.5 Å². The lowest BCUT2D eigenvalue weighted by atomic mass is 10.4. The Kier molecular flexibility index (Phi) is 2.97. The zero-order valence-electron chi connectivity index (χ0n) is 6.15. The zero-order chi connectivity index (χ0) is 8.10. The van der Waals surface area contributed by atoms with E-state index in [1.165, 1.54) is 16.4 Å². The van der Waals surface area contributed by atoms with Gasteiger partial charge in [-0.2, -0.15) is 4.37 Å². The predicted octanol–water partition coefficient (Wildman–Crippen LogP) is 0.822. The summed E-state index contributed by atoms with van der Waals surface area (Å²) < 4.78 is 3.90. The summed E-state index contributed by atoms with van der Waals surface area (Å²) in [5.74, 6) is 0.451. The summed E-state index contributed by atoms with van der Waals surface area (Å²) in [6.45, 7) is 2.61. The number of aromatic nitrogens is 2. The average Bonchev–Trinajstić information content (AvgIpc) is 2.52. The highest BCUT2D eigenvalue weighted by Crippen LogP contribution is 2.06. The Bertz CT molecular complexity index is 212. The van der Waals surface area contributed by atoms with E-state index in [0.29, 0.717) is 12.5 Å². The lowest BCUT2D eigenvalue weighted by molar-refractivity contribution is 0.549. The van der Waals surface area contributed by atoms with Gasteiger partial charge >= 0.3 is 6.41 Å². The van der Waals surface area contributed by atoms with Crippen LogP contribution in [0.2, 0.25) is 0 Å². The molecular formula is C6H8N3OS. The number of nitrogens with zero attached hydrogens (tertiary/aromatic N) is 3. The monoisotopic (exact) mass is 170 g/mol. The Balaban J connectivity index is 2.63. The molecule has 11 heavy (non-hydrogen) atoms. The quantitative estimate of drug-likeness (QED) is 0.628. The second kappa shape index (κ2) is 4.02. The van der Waals surface area contributed by atoms with Crippen LogP contribution in [0.15, 0.2) is 5.51 Å². The standard InChI is InChI=1S/C6H8N3OS/c1-2-3-9(5-10)6-7-4-11-8-6/h4H,2-3H2,1H3. The minimum atomic E-state index is 0.451. The van der Waals surface area contributed by atoms with Gasteiger partial charge in [0.1, 0.15) is 5.51 Å². The zero-order valence-corrected chi connectivity index (χ0v) is 6.97. The highest BCUT2D eigenvalue weighted by atomic mass is 32.1. The molecule has 59 valence electrons. The third-order valence-electron chi connectivity index (χ3n) is 1.15. The maximum Gasteiger partial charge on any atom is 0.319 e. The van der Waals surface area contributed by atoms with E-state index >= 15 is 0 Å². The minimum absolute atomic E-state index is 0.451. The fourth-order valence-electron chi connectivity index (χ4n) is 0.694. The molecule has 0 saturated heterocycles. The first kappa shape index (κ1) is 8.13. The largest absolute Gasteiger partial charge is 0.319 e. The molecule has 1 radical (unpaired) electrons. The van der Waals surface area contributed by atoms with Crippen LogP contribution in [0.25, 0.3) is 0 Å². The number of amides is 1. The molecule has 0 aliphatic heterocycles. The smallest absolute Gasteiger partial charge is 0.272 e. The first-order chi connectivity index (χ1) is 5.38. The van der Waals surface area contributed by atoms with Crippen LogP contribution in [0.4, 0.5) is 5.95 Å². The van der Waals surface area contributed by atoms with Crippen molar-refractivity contribution >= 4 is 23.9 Å². The Morgan fingerprint density at radius 3 is 3.09 bits per heavy atom. The second-order valence-corrected chi connectivity index (χ2v) is 2.58. The van der Waals surface area contributed by atoms with Crippen molar-refractivity contribution in [2.24, 2.45) is 0 Å². The van der Waals surface area contributed by atoms with Crippen LogP contribution < -0.4 is 4.90 Å². The highest BCUT2D eigenvalue weighted by Gasteiger charge is 2.07. The number of rotatable bonds is 4. The van der Waals surface area contributed by atoms with E-state index in [1.54, 1.807) is 11.9 Å². The van der Waals surface area contributed by atoms with Gasteiger partial charge in [-0.3, -0.25) is 9.69 Å². The topological polar surface area (TPSA) is 46.1 Å². The Morgan fingerprint density at radius 1 is 1.82 bits per heavy atom. The first-order valence-corrected chi connectivity index (χ1v) is 4.13. The lowest BCUT2D eigenvalue weighted by Crippen LogP contribution is -2.22. The third-order valence-corrected chi connectivity index (χ3v) is 1.62. The number of anilines is 1. The molecule has 1 aromatic rings. The minimum Gasteiger partial charge on any atom is -0.272 e. The van der Waals surface area contributed by atoms with E-state index in [2.05, 4.69) is 9.36 Å². The lowest BCUT2D eigenvalue weighted by Gasteiger charge is -2.08. The summed E-state index contributed by atoms with van der Waals surface area (Å²) in [5.41, 5.74) is 1.59. The van der Waals surface area contributed by atoms with Crippen molar-refractivity contribution < 1.29 is 4.79 Å². The molecule has 0 saturated carbocycles. The molecule has 0 N–H and O–H groups in total. The first-order valence-electron chi connectivity index (χ1n) is 3.30. The van der Waals surface area contributed by atoms with Crippen molar-refractivity contribution in [2.45, 2.75) is 13.3 Å². The summed E-state index contributed by atoms with van der Waals surface area (Å²) in [6.07, 6.45) is 2.65. The van der Waals surface area contributed by atoms with Gasteiger partial charge in [0.2, 0.25) is 5.95 Å². The molecule has 0 unspecified atom stereocenters. The molecule has 0 fully saturated rings. The van der Waals surface area contributed by atoms with Crippen molar-refractivity contribution in [2.75, 3.05) is 11.4 Å². The maximum absolute atomic E-state index is 10.3. The predicted molar refractivity (Wildman–Crippen MR) is 43.2 cm³/mol.